The number of methoxy groups -OCH3 is 3. The summed E-state index contributed by atoms with van der Waals surface area (Å²) in [6.45, 7) is 0.357. The van der Waals surface area contributed by atoms with Gasteiger partial charge in [-0.05, 0) is 65.7 Å². The molecule has 0 aliphatic carbocycles. The molecule has 0 bridgehead atoms. The summed E-state index contributed by atoms with van der Waals surface area (Å²) in [5, 5.41) is 3.99. The minimum atomic E-state index is -0.375. The van der Waals surface area contributed by atoms with Gasteiger partial charge in [-0.15, -0.1) is 0 Å². The number of ether oxygens (including phenoxy) is 4. The van der Waals surface area contributed by atoms with Crippen molar-refractivity contribution in [3.63, 3.8) is 0 Å². The van der Waals surface area contributed by atoms with E-state index in [2.05, 4.69) is 15.3 Å². The number of hydrazone groups is 1. The minimum absolute atomic E-state index is 0.357. The fourth-order valence-electron chi connectivity index (χ4n) is 2.88. The number of carbonyl (C=O) groups is 2. The van der Waals surface area contributed by atoms with Crippen molar-refractivity contribution >= 4 is 18.1 Å². The zero-order valence-electron chi connectivity index (χ0n) is 18.5. The van der Waals surface area contributed by atoms with Crippen LogP contribution in [0.2, 0.25) is 0 Å². The smallest absolute Gasteiger partial charge is 0.337 e. The van der Waals surface area contributed by atoms with Gasteiger partial charge in [0.2, 0.25) is 0 Å². The summed E-state index contributed by atoms with van der Waals surface area (Å²) in [4.78, 5) is 23.8. The highest BCUT2D eigenvalue weighted by atomic mass is 16.5. The maximum atomic E-state index is 12.3. The molecule has 0 saturated carbocycles. The fraction of sp³-hybridized carbons (Fsp3) is 0.160. The molecule has 0 radical (unpaired) electrons. The van der Waals surface area contributed by atoms with Crippen LogP contribution in [0, 0.1) is 0 Å². The Morgan fingerprint density at radius 2 is 1.52 bits per heavy atom. The van der Waals surface area contributed by atoms with E-state index in [0.29, 0.717) is 35.0 Å². The first kappa shape index (κ1) is 23.3. The summed E-state index contributed by atoms with van der Waals surface area (Å²) in [5.74, 6) is 0.936. The predicted molar refractivity (Wildman–Crippen MR) is 123 cm³/mol. The molecule has 8 heteroatoms. The molecule has 0 aromatic heterocycles. The van der Waals surface area contributed by atoms with Crippen LogP contribution in [0.4, 0.5) is 0 Å². The Kier molecular flexibility index (Phi) is 8.02. The van der Waals surface area contributed by atoms with Crippen molar-refractivity contribution in [3.05, 3.63) is 89.0 Å². The molecule has 0 unspecified atom stereocenters. The second-order valence-electron chi connectivity index (χ2n) is 6.82. The summed E-state index contributed by atoms with van der Waals surface area (Å²) < 4.78 is 20.8. The average molecular weight is 448 g/mol. The standard InChI is InChI=1S/C25H24N2O6/c1-30-22-13-10-20(14-23(22)31-2)24(28)27-26-15-17-6-11-21(12-7-17)33-16-18-4-8-19(9-5-18)25(29)32-3/h4-15H,16H2,1-3H3,(H,27,28)/b26-15+. The van der Waals surface area contributed by atoms with Crippen LogP contribution >= 0.6 is 0 Å². The third-order valence-corrected chi connectivity index (χ3v) is 4.69. The molecule has 170 valence electrons. The lowest BCUT2D eigenvalue weighted by Gasteiger charge is -2.08. The third-order valence-electron chi connectivity index (χ3n) is 4.69. The maximum absolute atomic E-state index is 12.3. The Balaban J connectivity index is 1.52. The molecule has 3 aromatic rings. The number of benzene rings is 3. The molecule has 0 heterocycles. The SMILES string of the molecule is COC(=O)c1ccc(COc2ccc(/C=N/NC(=O)c3ccc(OC)c(OC)c3)cc2)cc1. The van der Waals surface area contributed by atoms with Crippen molar-refractivity contribution in [2.75, 3.05) is 21.3 Å². The van der Waals surface area contributed by atoms with Gasteiger partial charge in [0.25, 0.3) is 5.91 Å². The van der Waals surface area contributed by atoms with E-state index in [-0.39, 0.29) is 11.9 Å². The van der Waals surface area contributed by atoms with E-state index in [1.807, 2.05) is 24.3 Å². The number of esters is 1. The molecule has 0 fully saturated rings. The van der Waals surface area contributed by atoms with Gasteiger partial charge in [0.05, 0.1) is 33.1 Å². The molecular formula is C25H24N2O6. The van der Waals surface area contributed by atoms with Crippen molar-refractivity contribution in [1.82, 2.24) is 5.43 Å². The van der Waals surface area contributed by atoms with E-state index in [9.17, 15) is 9.59 Å². The molecule has 0 atom stereocenters. The number of rotatable bonds is 9. The summed E-state index contributed by atoms with van der Waals surface area (Å²) in [6, 6.07) is 19.1. The number of nitrogens with one attached hydrogen (secondary N) is 1. The van der Waals surface area contributed by atoms with Gasteiger partial charge in [0.15, 0.2) is 11.5 Å². The molecule has 0 aliphatic rings. The number of hydrogen-bond acceptors (Lipinski definition) is 7. The molecule has 3 aromatic carbocycles. The van der Waals surface area contributed by atoms with Crippen molar-refractivity contribution < 1.29 is 28.5 Å². The highest BCUT2D eigenvalue weighted by molar-refractivity contribution is 5.95. The summed E-state index contributed by atoms with van der Waals surface area (Å²) in [6.07, 6.45) is 1.54. The molecule has 0 saturated heterocycles. The Labute approximate surface area is 191 Å². The zero-order chi connectivity index (χ0) is 23.6. The topological polar surface area (TPSA) is 95.5 Å². The van der Waals surface area contributed by atoms with Gasteiger partial charge in [-0.25, -0.2) is 10.2 Å². The average Bonchev–Trinajstić information content (AvgIpc) is 2.87. The monoisotopic (exact) mass is 448 g/mol. The number of carbonyl (C=O) groups excluding carboxylic acids is 2. The molecule has 3 rings (SSSR count). The normalized spacial score (nSPS) is 10.5. The van der Waals surface area contributed by atoms with Crippen LogP contribution in [0.3, 0.4) is 0 Å². The molecule has 8 nitrogen and oxygen atoms in total. The quantitative estimate of drug-likeness (QED) is 0.304. The lowest BCUT2D eigenvalue weighted by Crippen LogP contribution is -2.17. The highest BCUT2D eigenvalue weighted by Crippen LogP contribution is 2.27. The van der Waals surface area contributed by atoms with Gasteiger partial charge in [-0.3, -0.25) is 4.79 Å². The highest BCUT2D eigenvalue weighted by Gasteiger charge is 2.10. The molecule has 0 spiro atoms. The molecule has 1 amide bonds. The minimum Gasteiger partial charge on any atom is -0.493 e. The lowest BCUT2D eigenvalue weighted by molar-refractivity contribution is 0.0600. The van der Waals surface area contributed by atoms with E-state index in [0.717, 1.165) is 11.1 Å². The van der Waals surface area contributed by atoms with Crippen LogP contribution < -0.4 is 19.6 Å². The maximum Gasteiger partial charge on any atom is 0.337 e. The first-order valence-corrected chi connectivity index (χ1v) is 9.99. The third kappa shape index (κ3) is 6.33. The van der Waals surface area contributed by atoms with Crippen molar-refractivity contribution in [1.29, 1.82) is 0 Å². The molecular weight excluding hydrogens is 424 g/mol. The fourth-order valence-corrected chi connectivity index (χ4v) is 2.88. The van der Waals surface area contributed by atoms with Gasteiger partial charge in [0, 0.05) is 5.56 Å². The van der Waals surface area contributed by atoms with Crippen LogP contribution in [0.15, 0.2) is 71.8 Å². The van der Waals surface area contributed by atoms with Gasteiger partial charge in [-0.2, -0.15) is 5.10 Å². The van der Waals surface area contributed by atoms with E-state index in [1.165, 1.54) is 27.5 Å². The van der Waals surface area contributed by atoms with E-state index in [4.69, 9.17) is 14.2 Å². The Bertz CT molecular complexity index is 1120. The number of hydrogen-bond donors (Lipinski definition) is 1. The first-order chi connectivity index (χ1) is 16.0. The van der Waals surface area contributed by atoms with Crippen molar-refractivity contribution in [2.24, 2.45) is 5.10 Å². The predicted octanol–water partition coefficient (Wildman–Crippen LogP) is 3.83. The van der Waals surface area contributed by atoms with Crippen molar-refractivity contribution in [3.8, 4) is 17.2 Å². The van der Waals surface area contributed by atoms with Gasteiger partial charge >= 0.3 is 5.97 Å². The molecule has 1 N–H and O–H groups in total. The second-order valence-corrected chi connectivity index (χ2v) is 6.82. The van der Waals surface area contributed by atoms with E-state index < -0.39 is 0 Å². The largest absolute Gasteiger partial charge is 0.493 e. The second kappa shape index (κ2) is 11.3. The summed E-state index contributed by atoms with van der Waals surface area (Å²) >= 11 is 0. The van der Waals surface area contributed by atoms with E-state index in [1.54, 1.807) is 42.5 Å². The van der Waals surface area contributed by atoms with Crippen LogP contribution in [-0.2, 0) is 11.3 Å². The van der Waals surface area contributed by atoms with Gasteiger partial charge < -0.3 is 18.9 Å². The van der Waals surface area contributed by atoms with Crippen LogP contribution in [0.1, 0.15) is 31.8 Å². The lowest BCUT2D eigenvalue weighted by atomic mass is 10.1. The molecule has 33 heavy (non-hydrogen) atoms. The Morgan fingerprint density at radius 3 is 2.15 bits per heavy atom. The summed E-state index contributed by atoms with van der Waals surface area (Å²) in [7, 11) is 4.38. The first-order valence-electron chi connectivity index (χ1n) is 9.99. The van der Waals surface area contributed by atoms with E-state index >= 15 is 0 Å². The molecule has 0 aliphatic heterocycles. The van der Waals surface area contributed by atoms with Crippen LogP contribution in [0.25, 0.3) is 0 Å². The van der Waals surface area contributed by atoms with Crippen molar-refractivity contribution in [2.45, 2.75) is 6.61 Å². The zero-order valence-corrected chi connectivity index (χ0v) is 18.5. The van der Waals surface area contributed by atoms with Gasteiger partial charge in [0.1, 0.15) is 12.4 Å². The number of nitrogens with zero attached hydrogens (tertiary/aromatic N) is 1. The van der Waals surface area contributed by atoms with Crippen LogP contribution in [-0.4, -0.2) is 39.4 Å². The number of amides is 1. The Hall–Kier alpha value is -4.33. The van der Waals surface area contributed by atoms with Gasteiger partial charge in [-0.1, -0.05) is 12.1 Å². The van der Waals surface area contributed by atoms with Crippen LogP contribution in [0.5, 0.6) is 17.2 Å². The Morgan fingerprint density at radius 1 is 0.848 bits per heavy atom. The summed E-state index contributed by atoms with van der Waals surface area (Å²) in [5.41, 5.74) is 5.08.